The maximum atomic E-state index is 14.6. The highest BCUT2D eigenvalue weighted by Gasteiger charge is 2.52. The maximum absolute atomic E-state index is 14.6. The van der Waals surface area contributed by atoms with Gasteiger partial charge in [0.1, 0.15) is 11.4 Å². The zero-order chi connectivity index (χ0) is 24.4. The number of amides is 2. The van der Waals surface area contributed by atoms with Crippen LogP contribution in [0.3, 0.4) is 0 Å². The van der Waals surface area contributed by atoms with Crippen molar-refractivity contribution < 1.29 is 23.5 Å². The third-order valence-electron chi connectivity index (χ3n) is 4.83. The first-order chi connectivity index (χ1) is 15.3. The normalized spacial score (nSPS) is 18.4. The Balaban J connectivity index is 2.10. The molecule has 0 fully saturated rings. The van der Waals surface area contributed by atoms with E-state index >= 15 is 0 Å². The lowest BCUT2D eigenvalue weighted by Crippen LogP contribution is -2.55. The van der Waals surface area contributed by atoms with E-state index in [1.165, 1.54) is 17.1 Å². The summed E-state index contributed by atoms with van der Waals surface area (Å²) in [5.74, 6) is -0.951. The summed E-state index contributed by atoms with van der Waals surface area (Å²) in [6.45, 7) is 10.3. The molecule has 7 nitrogen and oxygen atoms in total. The van der Waals surface area contributed by atoms with E-state index < -0.39 is 28.7 Å². The van der Waals surface area contributed by atoms with Gasteiger partial charge in [-0.2, -0.15) is 5.01 Å². The van der Waals surface area contributed by atoms with Crippen molar-refractivity contribution in [3.8, 4) is 0 Å². The molecule has 0 spiro atoms. The summed E-state index contributed by atoms with van der Waals surface area (Å²) in [5, 5.41) is 8.31. The van der Waals surface area contributed by atoms with Crippen molar-refractivity contribution in [1.82, 2.24) is 10.3 Å². The van der Waals surface area contributed by atoms with Crippen LogP contribution in [0.4, 0.5) is 9.18 Å². The lowest BCUT2D eigenvalue weighted by molar-refractivity contribution is -0.159. The van der Waals surface area contributed by atoms with E-state index in [4.69, 9.17) is 9.47 Å². The summed E-state index contributed by atoms with van der Waals surface area (Å²) >= 11 is 0. The van der Waals surface area contributed by atoms with E-state index in [1.54, 1.807) is 77.9 Å². The SMILES string of the molecule is CC(C)(C)OC(=O)NCC1(c2ccccc2)OC(c2ccccc2F)=NN1C(=O)C(C)(C)C. The molecule has 1 unspecified atom stereocenters. The van der Waals surface area contributed by atoms with Crippen LogP contribution in [0, 0.1) is 11.2 Å². The predicted octanol–water partition coefficient (Wildman–Crippen LogP) is 4.77. The van der Waals surface area contributed by atoms with Crippen molar-refractivity contribution in [2.24, 2.45) is 10.5 Å². The first-order valence-corrected chi connectivity index (χ1v) is 10.7. The van der Waals surface area contributed by atoms with Crippen LogP contribution in [-0.2, 0) is 20.0 Å². The maximum Gasteiger partial charge on any atom is 0.407 e. The van der Waals surface area contributed by atoms with Crippen molar-refractivity contribution in [2.75, 3.05) is 6.54 Å². The molecule has 0 saturated carbocycles. The molecule has 8 heteroatoms. The number of hydrogen-bond acceptors (Lipinski definition) is 5. The van der Waals surface area contributed by atoms with E-state index in [9.17, 15) is 14.0 Å². The van der Waals surface area contributed by atoms with E-state index in [0.717, 1.165) is 0 Å². The summed E-state index contributed by atoms with van der Waals surface area (Å²) in [5.41, 5.74) is -2.41. The van der Waals surface area contributed by atoms with Crippen molar-refractivity contribution >= 4 is 17.9 Å². The van der Waals surface area contributed by atoms with E-state index in [0.29, 0.717) is 5.56 Å². The minimum absolute atomic E-state index is 0.0551. The van der Waals surface area contributed by atoms with Gasteiger partial charge in [0.25, 0.3) is 5.91 Å². The topological polar surface area (TPSA) is 80.2 Å². The molecular formula is C25H30FN3O4. The largest absolute Gasteiger partial charge is 0.444 e. The minimum atomic E-state index is -1.54. The molecule has 1 N–H and O–H groups in total. The second-order valence-electron chi connectivity index (χ2n) is 9.86. The number of hydrazone groups is 1. The Kier molecular flexibility index (Phi) is 6.49. The highest BCUT2D eigenvalue weighted by Crippen LogP contribution is 2.39. The predicted molar refractivity (Wildman–Crippen MR) is 123 cm³/mol. The van der Waals surface area contributed by atoms with Gasteiger partial charge < -0.3 is 14.8 Å². The Morgan fingerprint density at radius 2 is 1.64 bits per heavy atom. The van der Waals surface area contributed by atoms with Gasteiger partial charge in [0.2, 0.25) is 11.6 Å². The molecule has 33 heavy (non-hydrogen) atoms. The van der Waals surface area contributed by atoms with Crippen LogP contribution < -0.4 is 5.32 Å². The fraction of sp³-hybridized carbons (Fsp3) is 0.400. The van der Waals surface area contributed by atoms with Crippen LogP contribution in [0.15, 0.2) is 59.7 Å². The Morgan fingerprint density at radius 1 is 1.03 bits per heavy atom. The number of rotatable bonds is 4. The molecule has 3 rings (SSSR count). The highest BCUT2D eigenvalue weighted by molar-refractivity contribution is 5.97. The zero-order valence-electron chi connectivity index (χ0n) is 19.8. The molecule has 0 aromatic heterocycles. The van der Waals surface area contributed by atoms with Gasteiger partial charge in [-0.3, -0.25) is 4.79 Å². The number of ether oxygens (including phenoxy) is 2. The molecule has 1 atom stereocenters. The van der Waals surface area contributed by atoms with E-state index in [-0.39, 0.29) is 23.9 Å². The van der Waals surface area contributed by atoms with Crippen LogP contribution in [0.25, 0.3) is 0 Å². The molecule has 1 aliphatic rings. The number of carbonyl (C=O) groups is 2. The van der Waals surface area contributed by atoms with Crippen LogP contribution >= 0.6 is 0 Å². The molecule has 0 saturated heterocycles. The standard InChI is InChI=1S/C25H30FN3O4/c1-23(2,3)21(30)29-25(17-12-8-7-9-13-17,16-27-22(31)33-24(4,5)6)32-20(28-29)18-14-10-11-15-19(18)26/h7-15H,16H2,1-6H3,(H,27,31). The summed E-state index contributed by atoms with van der Waals surface area (Å²) in [4.78, 5) is 26.0. The summed E-state index contributed by atoms with van der Waals surface area (Å²) in [6, 6.07) is 14.9. The molecule has 176 valence electrons. The smallest absolute Gasteiger partial charge is 0.407 e. The van der Waals surface area contributed by atoms with Crippen LogP contribution in [0.5, 0.6) is 0 Å². The molecule has 0 aliphatic carbocycles. The number of hydrogen-bond donors (Lipinski definition) is 1. The molecule has 0 radical (unpaired) electrons. The number of alkyl carbamates (subject to hydrolysis) is 1. The number of carbonyl (C=O) groups excluding carboxylic acids is 2. The van der Waals surface area contributed by atoms with Gasteiger partial charge in [0.15, 0.2) is 0 Å². The zero-order valence-corrected chi connectivity index (χ0v) is 19.8. The van der Waals surface area contributed by atoms with Crippen LogP contribution in [0.1, 0.15) is 52.7 Å². The van der Waals surface area contributed by atoms with Gasteiger partial charge in [-0.25, -0.2) is 9.18 Å². The second kappa shape index (κ2) is 8.84. The molecule has 2 amide bonds. The second-order valence-corrected chi connectivity index (χ2v) is 9.86. The first-order valence-electron chi connectivity index (χ1n) is 10.7. The minimum Gasteiger partial charge on any atom is -0.444 e. The van der Waals surface area contributed by atoms with E-state index in [2.05, 4.69) is 10.4 Å². The van der Waals surface area contributed by atoms with Gasteiger partial charge in [-0.05, 0) is 32.9 Å². The average Bonchev–Trinajstić information content (AvgIpc) is 3.11. The Hall–Kier alpha value is -3.42. The number of nitrogens with one attached hydrogen (secondary N) is 1. The average molecular weight is 456 g/mol. The van der Waals surface area contributed by atoms with Crippen molar-refractivity contribution in [3.63, 3.8) is 0 Å². The van der Waals surface area contributed by atoms with Crippen molar-refractivity contribution in [2.45, 2.75) is 52.9 Å². The summed E-state index contributed by atoms with van der Waals surface area (Å²) in [6.07, 6.45) is -0.677. The molecule has 1 heterocycles. The Morgan fingerprint density at radius 3 is 2.21 bits per heavy atom. The monoisotopic (exact) mass is 455 g/mol. The molecule has 1 aliphatic heterocycles. The fourth-order valence-electron chi connectivity index (χ4n) is 3.26. The van der Waals surface area contributed by atoms with Crippen LogP contribution in [-0.4, -0.2) is 35.1 Å². The third-order valence-corrected chi connectivity index (χ3v) is 4.83. The molecule has 0 bridgehead atoms. The molecular weight excluding hydrogens is 425 g/mol. The quantitative estimate of drug-likeness (QED) is 0.720. The third kappa shape index (κ3) is 5.32. The van der Waals surface area contributed by atoms with Crippen molar-refractivity contribution in [1.29, 1.82) is 0 Å². The van der Waals surface area contributed by atoms with Gasteiger partial charge >= 0.3 is 6.09 Å². The Labute approximate surface area is 193 Å². The van der Waals surface area contributed by atoms with Crippen molar-refractivity contribution in [3.05, 3.63) is 71.5 Å². The molecule has 2 aromatic carbocycles. The summed E-state index contributed by atoms with van der Waals surface area (Å²) in [7, 11) is 0. The lowest BCUT2D eigenvalue weighted by Gasteiger charge is -2.38. The number of nitrogens with zero attached hydrogens (tertiary/aromatic N) is 2. The fourth-order valence-corrected chi connectivity index (χ4v) is 3.26. The lowest BCUT2D eigenvalue weighted by atomic mass is 9.92. The van der Waals surface area contributed by atoms with E-state index in [1.807, 2.05) is 6.07 Å². The van der Waals surface area contributed by atoms with Gasteiger partial charge in [0, 0.05) is 11.0 Å². The van der Waals surface area contributed by atoms with Gasteiger partial charge in [-0.1, -0.05) is 63.2 Å². The summed E-state index contributed by atoms with van der Waals surface area (Å²) < 4.78 is 26.2. The first kappa shape index (κ1) is 24.2. The molecule has 2 aromatic rings. The highest BCUT2D eigenvalue weighted by atomic mass is 19.1. The Bertz CT molecular complexity index is 1060. The van der Waals surface area contributed by atoms with Gasteiger partial charge in [-0.15, -0.1) is 5.10 Å². The number of halogens is 1. The van der Waals surface area contributed by atoms with Gasteiger partial charge in [0.05, 0.1) is 12.1 Å². The van der Waals surface area contributed by atoms with Crippen LogP contribution in [0.2, 0.25) is 0 Å². The number of benzene rings is 2.